The van der Waals surface area contributed by atoms with E-state index in [1.54, 1.807) is 6.20 Å². The summed E-state index contributed by atoms with van der Waals surface area (Å²) in [7, 11) is 0. The monoisotopic (exact) mass is 445 g/mol. The highest BCUT2D eigenvalue weighted by molar-refractivity contribution is 5.73. The van der Waals surface area contributed by atoms with Crippen molar-refractivity contribution in [1.29, 1.82) is 0 Å². The average molecular weight is 445 g/mol. The molecule has 0 spiro atoms. The lowest BCUT2D eigenvalue weighted by Crippen LogP contribution is -2.54. The summed E-state index contributed by atoms with van der Waals surface area (Å²) < 4.78 is 40.8. The van der Waals surface area contributed by atoms with Crippen molar-refractivity contribution in [2.75, 3.05) is 26.3 Å². The van der Waals surface area contributed by atoms with Gasteiger partial charge in [-0.05, 0) is 38.3 Å². The van der Waals surface area contributed by atoms with Crippen LogP contribution < -0.4 is 10.3 Å². The summed E-state index contributed by atoms with van der Waals surface area (Å²) in [5.74, 6) is -1.39. The topological polar surface area (TPSA) is 85.3 Å². The van der Waals surface area contributed by atoms with Gasteiger partial charge in [0, 0.05) is 26.3 Å². The molecular formula is C22H25F2N5O3. The summed E-state index contributed by atoms with van der Waals surface area (Å²) in [6, 6.07) is 2.93. The Kier molecular flexibility index (Phi) is 5.42. The summed E-state index contributed by atoms with van der Waals surface area (Å²) in [4.78, 5) is 22.3. The van der Waals surface area contributed by atoms with Gasteiger partial charge in [-0.1, -0.05) is 6.07 Å². The van der Waals surface area contributed by atoms with E-state index < -0.39 is 11.6 Å². The molecule has 1 unspecified atom stereocenters. The van der Waals surface area contributed by atoms with Crippen molar-refractivity contribution < 1.29 is 18.3 Å². The van der Waals surface area contributed by atoms with Gasteiger partial charge in [0.15, 0.2) is 17.2 Å². The van der Waals surface area contributed by atoms with Crippen molar-refractivity contribution in [2.24, 2.45) is 0 Å². The highest BCUT2D eigenvalue weighted by Crippen LogP contribution is 2.29. The lowest BCUT2D eigenvalue weighted by Gasteiger charge is -2.42. The van der Waals surface area contributed by atoms with E-state index in [0.717, 1.165) is 12.8 Å². The third-order valence-corrected chi connectivity index (χ3v) is 6.37. The number of ether oxygens (including phenoxy) is 2. The zero-order valence-electron chi connectivity index (χ0n) is 18.0. The number of aromatic nitrogens is 4. The van der Waals surface area contributed by atoms with E-state index in [1.807, 2.05) is 11.6 Å². The standard InChI is InChI=1S/C22H25F2N5O3/c1-12-3-4-17(19(24)18(12)23)32-15-10-28(11-15)13(2)20-26-21-16(22(30)27-20)9-25-29(21)14-5-7-31-8-6-14/h3-4,9,13-15H,5-8,10-11H2,1-2H3,(H,26,27,30). The van der Waals surface area contributed by atoms with E-state index >= 15 is 0 Å². The molecule has 1 N–H and O–H groups in total. The van der Waals surface area contributed by atoms with Crippen molar-refractivity contribution in [1.82, 2.24) is 24.6 Å². The van der Waals surface area contributed by atoms with Crippen molar-refractivity contribution in [3.63, 3.8) is 0 Å². The maximum Gasteiger partial charge on any atom is 0.262 e. The Morgan fingerprint density at radius 2 is 1.97 bits per heavy atom. The van der Waals surface area contributed by atoms with Crippen LogP contribution in [0.2, 0.25) is 0 Å². The number of benzene rings is 1. The maximum atomic E-state index is 14.1. The fraction of sp³-hybridized carbons (Fsp3) is 0.500. The van der Waals surface area contributed by atoms with Gasteiger partial charge in [0.05, 0.1) is 18.3 Å². The molecular weight excluding hydrogens is 420 g/mol. The number of hydrogen-bond acceptors (Lipinski definition) is 6. The van der Waals surface area contributed by atoms with E-state index in [0.29, 0.717) is 43.2 Å². The third kappa shape index (κ3) is 3.67. The Morgan fingerprint density at radius 1 is 1.22 bits per heavy atom. The van der Waals surface area contributed by atoms with Crippen LogP contribution in [0.1, 0.15) is 43.2 Å². The van der Waals surface area contributed by atoms with Gasteiger partial charge >= 0.3 is 0 Å². The molecule has 2 aliphatic heterocycles. The zero-order valence-corrected chi connectivity index (χ0v) is 18.0. The second-order valence-corrected chi connectivity index (χ2v) is 8.50. The number of aromatic amines is 1. The molecule has 2 aliphatic rings. The Morgan fingerprint density at radius 3 is 2.72 bits per heavy atom. The minimum absolute atomic E-state index is 0.0845. The van der Waals surface area contributed by atoms with Crippen LogP contribution >= 0.6 is 0 Å². The van der Waals surface area contributed by atoms with Crippen LogP contribution in [0.3, 0.4) is 0 Å². The lowest BCUT2D eigenvalue weighted by molar-refractivity contribution is -0.00950. The van der Waals surface area contributed by atoms with Gasteiger partial charge in [-0.25, -0.2) is 14.1 Å². The van der Waals surface area contributed by atoms with Gasteiger partial charge in [-0.2, -0.15) is 9.49 Å². The number of nitrogens with zero attached hydrogens (tertiary/aromatic N) is 4. The fourth-order valence-corrected chi connectivity index (χ4v) is 4.28. The molecule has 1 aromatic carbocycles. The van der Waals surface area contributed by atoms with Gasteiger partial charge in [0.1, 0.15) is 17.3 Å². The lowest BCUT2D eigenvalue weighted by atomic mass is 10.1. The molecule has 0 bridgehead atoms. The zero-order chi connectivity index (χ0) is 22.4. The van der Waals surface area contributed by atoms with E-state index in [4.69, 9.17) is 14.5 Å². The molecule has 0 aliphatic carbocycles. The molecule has 170 valence electrons. The molecule has 0 saturated carbocycles. The van der Waals surface area contributed by atoms with E-state index in [2.05, 4.69) is 15.0 Å². The predicted molar refractivity (Wildman–Crippen MR) is 113 cm³/mol. The molecule has 2 fully saturated rings. The predicted octanol–water partition coefficient (Wildman–Crippen LogP) is 2.88. The number of fused-ring (bicyclic) bond motifs is 1. The molecule has 2 saturated heterocycles. The van der Waals surface area contributed by atoms with Crippen molar-refractivity contribution in [2.45, 2.75) is 44.9 Å². The molecule has 10 heteroatoms. The summed E-state index contributed by atoms with van der Waals surface area (Å²) in [6.07, 6.45) is 2.96. The summed E-state index contributed by atoms with van der Waals surface area (Å²) in [5, 5.41) is 4.89. The van der Waals surface area contributed by atoms with Gasteiger partial charge in [0.25, 0.3) is 5.56 Å². The first kappa shape index (κ1) is 21.0. The molecule has 5 rings (SSSR count). The Labute approximate surface area is 183 Å². The normalized spacial score (nSPS) is 19.2. The average Bonchev–Trinajstić information content (AvgIpc) is 3.20. The highest BCUT2D eigenvalue weighted by Gasteiger charge is 2.35. The van der Waals surface area contributed by atoms with Crippen LogP contribution in [0.15, 0.2) is 23.1 Å². The van der Waals surface area contributed by atoms with Crippen LogP contribution in [0.5, 0.6) is 5.75 Å². The van der Waals surface area contributed by atoms with Crippen molar-refractivity contribution in [3.05, 3.63) is 51.7 Å². The number of aryl methyl sites for hydroxylation is 1. The van der Waals surface area contributed by atoms with Crippen LogP contribution in [0.4, 0.5) is 8.78 Å². The SMILES string of the molecule is Cc1ccc(OC2CN(C(C)c3nc4c(cnn4C4CCOCC4)c(=O)[nH]3)C2)c(F)c1F. The Hall–Kier alpha value is -2.85. The first-order chi connectivity index (χ1) is 15.4. The molecule has 0 radical (unpaired) electrons. The van der Waals surface area contributed by atoms with Crippen LogP contribution in [0.25, 0.3) is 11.0 Å². The Balaban J connectivity index is 1.31. The van der Waals surface area contributed by atoms with E-state index in [9.17, 15) is 13.6 Å². The van der Waals surface area contributed by atoms with Gasteiger partial charge < -0.3 is 14.5 Å². The van der Waals surface area contributed by atoms with Gasteiger partial charge in [0.2, 0.25) is 5.82 Å². The Bertz CT molecular complexity index is 1200. The summed E-state index contributed by atoms with van der Waals surface area (Å²) in [6.45, 7) is 5.81. The first-order valence-corrected chi connectivity index (χ1v) is 10.8. The summed E-state index contributed by atoms with van der Waals surface area (Å²) >= 11 is 0. The second kappa shape index (κ2) is 8.25. The number of H-pyrrole nitrogens is 1. The summed E-state index contributed by atoms with van der Waals surface area (Å²) in [5.41, 5.74) is 0.595. The van der Waals surface area contributed by atoms with Crippen LogP contribution in [0, 0.1) is 18.6 Å². The van der Waals surface area contributed by atoms with Gasteiger partial charge in [-0.3, -0.25) is 9.69 Å². The molecule has 1 atom stereocenters. The molecule has 0 amide bonds. The first-order valence-electron chi connectivity index (χ1n) is 10.8. The molecule has 8 nitrogen and oxygen atoms in total. The highest BCUT2D eigenvalue weighted by atomic mass is 19.2. The van der Waals surface area contributed by atoms with Crippen LogP contribution in [-0.4, -0.2) is 57.1 Å². The fourth-order valence-electron chi connectivity index (χ4n) is 4.28. The number of nitrogens with one attached hydrogen (secondary N) is 1. The minimum atomic E-state index is -0.964. The minimum Gasteiger partial charge on any atom is -0.485 e. The largest absolute Gasteiger partial charge is 0.485 e. The van der Waals surface area contributed by atoms with E-state index in [-0.39, 0.29) is 35.1 Å². The maximum absolute atomic E-state index is 14.1. The molecule has 32 heavy (non-hydrogen) atoms. The molecule has 2 aromatic heterocycles. The number of hydrogen-bond donors (Lipinski definition) is 1. The number of halogens is 2. The van der Waals surface area contributed by atoms with Crippen LogP contribution in [-0.2, 0) is 4.74 Å². The second-order valence-electron chi connectivity index (χ2n) is 8.50. The molecule has 4 heterocycles. The van der Waals surface area contributed by atoms with Crippen molar-refractivity contribution in [3.8, 4) is 5.75 Å². The quantitative estimate of drug-likeness (QED) is 0.650. The van der Waals surface area contributed by atoms with Crippen molar-refractivity contribution >= 4 is 11.0 Å². The van der Waals surface area contributed by atoms with E-state index in [1.165, 1.54) is 19.1 Å². The smallest absolute Gasteiger partial charge is 0.262 e. The number of rotatable bonds is 5. The molecule has 3 aromatic rings. The van der Waals surface area contributed by atoms with Gasteiger partial charge in [-0.15, -0.1) is 0 Å². The number of likely N-dealkylation sites (tertiary alicyclic amines) is 1. The third-order valence-electron chi connectivity index (χ3n) is 6.37.